The normalized spacial score (nSPS) is 12.5. The number of hydrogen-bond acceptors (Lipinski definition) is 1. The van der Waals surface area contributed by atoms with Crippen LogP contribution in [0, 0.1) is 31.3 Å². The van der Waals surface area contributed by atoms with E-state index < -0.39 is 23.5 Å². The zero-order chi connectivity index (χ0) is 15.6. The lowest BCUT2D eigenvalue weighted by atomic mass is 9.95. The fraction of sp³-hybridized carbons (Fsp3) is 0.294. The Labute approximate surface area is 122 Å². The highest BCUT2D eigenvalue weighted by Gasteiger charge is 2.22. The Morgan fingerprint density at radius 2 is 1.57 bits per heavy atom. The van der Waals surface area contributed by atoms with Gasteiger partial charge in [0.1, 0.15) is 0 Å². The lowest BCUT2D eigenvalue weighted by Gasteiger charge is -2.21. The van der Waals surface area contributed by atoms with Crippen LogP contribution in [0.3, 0.4) is 0 Å². The van der Waals surface area contributed by atoms with E-state index in [0.29, 0.717) is 6.54 Å². The summed E-state index contributed by atoms with van der Waals surface area (Å²) in [6.07, 6.45) is 0. The van der Waals surface area contributed by atoms with Crippen LogP contribution in [0.4, 0.5) is 13.2 Å². The Bertz CT molecular complexity index is 632. The molecule has 4 heteroatoms. The van der Waals surface area contributed by atoms with E-state index >= 15 is 0 Å². The number of benzene rings is 2. The molecule has 0 spiro atoms. The average Bonchev–Trinajstić information content (AvgIpc) is 2.42. The molecule has 0 radical (unpaired) electrons. The zero-order valence-corrected chi connectivity index (χ0v) is 12.3. The minimum absolute atomic E-state index is 0.112. The molecule has 1 unspecified atom stereocenters. The topological polar surface area (TPSA) is 12.0 Å². The van der Waals surface area contributed by atoms with Crippen LogP contribution in [0.2, 0.25) is 0 Å². The van der Waals surface area contributed by atoms with E-state index in [2.05, 4.69) is 5.32 Å². The Morgan fingerprint density at radius 1 is 0.952 bits per heavy atom. The number of aryl methyl sites for hydroxylation is 2. The zero-order valence-electron chi connectivity index (χ0n) is 12.3. The van der Waals surface area contributed by atoms with E-state index in [-0.39, 0.29) is 5.56 Å². The standard InChI is InChI=1S/C17H18F3N/c1-4-21-17(12-8-10(2)7-11(3)9-12)13-5-6-14(18)16(20)15(13)19/h5-9,17,21H,4H2,1-3H3. The van der Waals surface area contributed by atoms with E-state index in [1.165, 1.54) is 6.07 Å². The van der Waals surface area contributed by atoms with Gasteiger partial charge >= 0.3 is 0 Å². The molecule has 21 heavy (non-hydrogen) atoms. The van der Waals surface area contributed by atoms with Crippen LogP contribution in [0.25, 0.3) is 0 Å². The Morgan fingerprint density at radius 3 is 2.14 bits per heavy atom. The molecule has 1 nitrogen and oxygen atoms in total. The summed E-state index contributed by atoms with van der Waals surface area (Å²) in [5.74, 6) is -3.74. The van der Waals surface area contributed by atoms with Gasteiger partial charge in [-0.05, 0) is 32.0 Å². The summed E-state index contributed by atoms with van der Waals surface area (Å²) in [6, 6.07) is 7.58. The fourth-order valence-electron chi connectivity index (χ4n) is 2.55. The van der Waals surface area contributed by atoms with E-state index in [4.69, 9.17) is 0 Å². The highest BCUT2D eigenvalue weighted by Crippen LogP contribution is 2.28. The molecule has 1 N–H and O–H groups in total. The van der Waals surface area contributed by atoms with Crippen molar-refractivity contribution in [2.24, 2.45) is 0 Å². The van der Waals surface area contributed by atoms with Crippen LogP contribution in [0.15, 0.2) is 30.3 Å². The highest BCUT2D eigenvalue weighted by atomic mass is 19.2. The maximum atomic E-state index is 14.1. The summed E-state index contributed by atoms with van der Waals surface area (Å²) < 4.78 is 40.7. The molecule has 0 heterocycles. The summed E-state index contributed by atoms with van der Waals surface area (Å²) in [4.78, 5) is 0. The molecular weight excluding hydrogens is 275 g/mol. The van der Waals surface area contributed by atoms with E-state index in [1.54, 1.807) is 0 Å². The molecule has 1 atom stereocenters. The summed E-state index contributed by atoms with van der Waals surface area (Å²) in [5.41, 5.74) is 3.02. The van der Waals surface area contributed by atoms with Crippen molar-refractivity contribution in [3.05, 3.63) is 70.0 Å². The van der Waals surface area contributed by atoms with Gasteiger partial charge in [0.2, 0.25) is 0 Å². The Kier molecular flexibility index (Phi) is 4.68. The monoisotopic (exact) mass is 293 g/mol. The number of rotatable bonds is 4. The maximum absolute atomic E-state index is 14.1. The lowest BCUT2D eigenvalue weighted by Crippen LogP contribution is -2.23. The predicted octanol–water partition coefficient (Wildman–Crippen LogP) is 4.42. The first-order valence-corrected chi connectivity index (χ1v) is 6.89. The molecule has 0 bridgehead atoms. The van der Waals surface area contributed by atoms with E-state index in [0.717, 1.165) is 22.8 Å². The van der Waals surface area contributed by atoms with Crippen molar-refractivity contribution in [2.45, 2.75) is 26.8 Å². The van der Waals surface area contributed by atoms with Gasteiger partial charge in [0, 0.05) is 5.56 Å². The summed E-state index contributed by atoms with van der Waals surface area (Å²) in [5, 5.41) is 3.13. The van der Waals surface area contributed by atoms with E-state index in [9.17, 15) is 13.2 Å². The molecule has 0 aromatic heterocycles. The van der Waals surface area contributed by atoms with Crippen LogP contribution >= 0.6 is 0 Å². The predicted molar refractivity (Wildman–Crippen MR) is 77.8 cm³/mol. The molecule has 2 aromatic rings. The average molecular weight is 293 g/mol. The Hall–Kier alpha value is -1.81. The molecule has 0 aliphatic carbocycles. The van der Waals surface area contributed by atoms with Crippen molar-refractivity contribution in [1.82, 2.24) is 5.32 Å². The van der Waals surface area contributed by atoms with Crippen molar-refractivity contribution >= 4 is 0 Å². The third-order valence-electron chi connectivity index (χ3n) is 3.36. The quantitative estimate of drug-likeness (QED) is 0.823. The number of halogens is 3. The molecule has 0 saturated heterocycles. The van der Waals surface area contributed by atoms with Crippen molar-refractivity contribution in [3.8, 4) is 0 Å². The Balaban J connectivity index is 2.56. The first kappa shape index (κ1) is 15.6. The lowest BCUT2D eigenvalue weighted by molar-refractivity contribution is 0.433. The van der Waals surface area contributed by atoms with Gasteiger partial charge in [-0.1, -0.05) is 42.3 Å². The SMILES string of the molecule is CCNC(c1cc(C)cc(C)c1)c1ccc(F)c(F)c1F. The van der Waals surface area contributed by atoms with Crippen LogP contribution < -0.4 is 5.32 Å². The number of nitrogens with one attached hydrogen (secondary N) is 1. The van der Waals surface area contributed by atoms with Gasteiger partial charge in [-0.25, -0.2) is 13.2 Å². The van der Waals surface area contributed by atoms with Gasteiger partial charge in [-0.15, -0.1) is 0 Å². The molecule has 0 aliphatic heterocycles. The first-order valence-electron chi connectivity index (χ1n) is 6.89. The molecule has 0 amide bonds. The van der Waals surface area contributed by atoms with Gasteiger partial charge in [0.05, 0.1) is 6.04 Å². The highest BCUT2D eigenvalue weighted by molar-refractivity contribution is 5.37. The van der Waals surface area contributed by atoms with Gasteiger partial charge in [-0.2, -0.15) is 0 Å². The second kappa shape index (κ2) is 6.31. The fourth-order valence-corrected chi connectivity index (χ4v) is 2.55. The molecule has 2 aromatic carbocycles. The van der Waals surface area contributed by atoms with Crippen LogP contribution in [-0.4, -0.2) is 6.54 Å². The first-order chi connectivity index (χ1) is 9.93. The summed E-state index contributed by atoms with van der Waals surface area (Å²) in [7, 11) is 0. The van der Waals surface area contributed by atoms with Crippen molar-refractivity contribution in [2.75, 3.05) is 6.54 Å². The van der Waals surface area contributed by atoms with Crippen LogP contribution in [0.5, 0.6) is 0 Å². The maximum Gasteiger partial charge on any atom is 0.194 e. The van der Waals surface area contributed by atoms with Crippen LogP contribution in [0.1, 0.15) is 35.2 Å². The summed E-state index contributed by atoms with van der Waals surface area (Å²) >= 11 is 0. The second-order valence-corrected chi connectivity index (χ2v) is 5.18. The largest absolute Gasteiger partial charge is 0.306 e. The number of hydrogen-bond donors (Lipinski definition) is 1. The molecule has 0 fully saturated rings. The van der Waals surface area contributed by atoms with Crippen molar-refractivity contribution < 1.29 is 13.2 Å². The molecule has 0 saturated carbocycles. The van der Waals surface area contributed by atoms with Crippen LogP contribution in [-0.2, 0) is 0 Å². The molecule has 112 valence electrons. The smallest absolute Gasteiger partial charge is 0.194 e. The van der Waals surface area contributed by atoms with Crippen molar-refractivity contribution in [3.63, 3.8) is 0 Å². The van der Waals surface area contributed by atoms with Gasteiger partial charge < -0.3 is 5.32 Å². The molecule has 2 rings (SSSR count). The van der Waals surface area contributed by atoms with Gasteiger partial charge in [0.25, 0.3) is 0 Å². The molecular formula is C17H18F3N. The molecule has 0 aliphatic rings. The third kappa shape index (κ3) is 3.27. The minimum atomic E-state index is -1.43. The van der Waals surface area contributed by atoms with E-state index in [1.807, 2.05) is 39.0 Å². The van der Waals surface area contributed by atoms with Gasteiger partial charge in [0.15, 0.2) is 17.5 Å². The second-order valence-electron chi connectivity index (χ2n) is 5.18. The van der Waals surface area contributed by atoms with Crippen molar-refractivity contribution in [1.29, 1.82) is 0 Å². The third-order valence-corrected chi connectivity index (χ3v) is 3.36. The van der Waals surface area contributed by atoms with Gasteiger partial charge in [-0.3, -0.25) is 0 Å². The minimum Gasteiger partial charge on any atom is -0.306 e. The summed E-state index contributed by atoms with van der Waals surface area (Å²) in [6.45, 7) is 6.35.